The molecular formula is C21H32N6O. The van der Waals surface area contributed by atoms with Crippen molar-refractivity contribution in [3.63, 3.8) is 0 Å². The summed E-state index contributed by atoms with van der Waals surface area (Å²) in [5.41, 5.74) is 1.84. The van der Waals surface area contributed by atoms with Crippen molar-refractivity contribution in [2.24, 2.45) is 0 Å². The van der Waals surface area contributed by atoms with Gasteiger partial charge in [-0.1, -0.05) is 42.5 Å². The molecule has 1 aliphatic heterocycles. The average molecular weight is 385 g/mol. The first-order valence-corrected chi connectivity index (χ1v) is 10.1. The Bertz CT molecular complexity index is 738. The van der Waals surface area contributed by atoms with Gasteiger partial charge in [0.1, 0.15) is 0 Å². The molecule has 1 unspecified atom stereocenters. The third-order valence-electron chi connectivity index (χ3n) is 5.57. The molecule has 0 spiro atoms. The Labute approximate surface area is 167 Å². The first-order valence-electron chi connectivity index (χ1n) is 10.1. The summed E-state index contributed by atoms with van der Waals surface area (Å²) in [5, 5.41) is 8.24. The van der Waals surface area contributed by atoms with Gasteiger partial charge in [-0.3, -0.25) is 9.48 Å². The Kier molecular flexibility index (Phi) is 7.17. The molecule has 152 valence electrons. The molecule has 1 fully saturated rings. The van der Waals surface area contributed by atoms with Gasteiger partial charge in [0.25, 0.3) is 5.91 Å². The number of carbonyl (C=O) groups excluding carboxylic acids is 1. The van der Waals surface area contributed by atoms with Crippen molar-refractivity contribution in [3.8, 4) is 0 Å². The van der Waals surface area contributed by atoms with Crippen LogP contribution >= 0.6 is 0 Å². The predicted octanol–water partition coefficient (Wildman–Crippen LogP) is 1.79. The zero-order valence-corrected chi connectivity index (χ0v) is 17.3. The van der Waals surface area contributed by atoms with Crippen molar-refractivity contribution >= 4 is 5.91 Å². The molecule has 3 rings (SSSR count). The van der Waals surface area contributed by atoms with Crippen LogP contribution in [0.25, 0.3) is 0 Å². The average Bonchev–Trinajstić information content (AvgIpc) is 3.20. The third kappa shape index (κ3) is 5.62. The van der Waals surface area contributed by atoms with E-state index in [4.69, 9.17) is 0 Å². The van der Waals surface area contributed by atoms with Crippen LogP contribution in [0.15, 0.2) is 36.5 Å². The summed E-state index contributed by atoms with van der Waals surface area (Å²) in [5.74, 6) is 0.534. The van der Waals surface area contributed by atoms with Crippen LogP contribution in [-0.2, 0) is 6.54 Å². The Hall–Kier alpha value is -2.25. The van der Waals surface area contributed by atoms with Crippen molar-refractivity contribution in [1.82, 2.24) is 29.7 Å². The van der Waals surface area contributed by atoms with Crippen LogP contribution in [0, 0.1) is 0 Å². The number of likely N-dealkylation sites (N-methyl/N-ethyl adjacent to an activating group) is 2. The molecule has 7 nitrogen and oxygen atoms in total. The van der Waals surface area contributed by atoms with Gasteiger partial charge in [0.05, 0.1) is 12.7 Å². The Morgan fingerprint density at radius 1 is 1.14 bits per heavy atom. The van der Waals surface area contributed by atoms with Gasteiger partial charge in [-0.2, -0.15) is 0 Å². The number of carbonyl (C=O) groups is 1. The van der Waals surface area contributed by atoms with Crippen molar-refractivity contribution in [2.45, 2.75) is 25.8 Å². The molecule has 2 heterocycles. The lowest BCUT2D eigenvalue weighted by molar-refractivity contribution is 0.0658. The maximum atomic E-state index is 12.6. The normalized spacial score (nSPS) is 16.5. The van der Waals surface area contributed by atoms with Crippen LogP contribution in [0.3, 0.4) is 0 Å². The minimum Gasteiger partial charge on any atom is -0.335 e. The number of piperazine rings is 1. The topological polar surface area (TPSA) is 57.5 Å². The molecule has 0 N–H and O–H groups in total. The summed E-state index contributed by atoms with van der Waals surface area (Å²) in [7, 11) is 4.21. The quantitative estimate of drug-likeness (QED) is 0.695. The lowest BCUT2D eigenvalue weighted by Gasteiger charge is -2.31. The first-order chi connectivity index (χ1) is 13.5. The van der Waals surface area contributed by atoms with Crippen LogP contribution in [0.4, 0.5) is 0 Å². The molecular weight excluding hydrogens is 352 g/mol. The summed E-state index contributed by atoms with van der Waals surface area (Å²) in [4.78, 5) is 19.0. The molecule has 28 heavy (non-hydrogen) atoms. The maximum absolute atomic E-state index is 12.6. The van der Waals surface area contributed by atoms with Crippen molar-refractivity contribution in [3.05, 3.63) is 47.8 Å². The molecule has 1 atom stereocenters. The zero-order chi connectivity index (χ0) is 19.9. The minimum atomic E-state index is -0.00982. The zero-order valence-electron chi connectivity index (χ0n) is 17.3. The van der Waals surface area contributed by atoms with E-state index in [0.717, 1.165) is 52.2 Å². The molecule has 0 aliphatic carbocycles. The second kappa shape index (κ2) is 9.80. The maximum Gasteiger partial charge on any atom is 0.276 e. The van der Waals surface area contributed by atoms with Gasteiger partial charge in [0, 0.05) is 32.7 Å². The highest BCUT2D eigenvalue weighted by Gasteiger charge is 2.22. The van der Waals surface area contributed by atoms with Crippen molar-refractivity contribution < 1.29 is 4.79 Å². The van der Waals surface area contributed by atoms with Gasteiger partial charge in [0.2, 0.25) is 0 Å². The van der Waals surface area contributed by atoms with E-state index in [1.165, 1.54) is 5.56 Å². The second-order valence-corrected chi connectivity index (χ2v) is 7.87. The largest absolute Gasteiger partial charge is 0.335 e. The Balaban J connectivity index is 1.42. The van der Waals surface area contributed by atoms with Crippen LogP contribution in [0.1, 0.15) is 35.3 Å². The van der Waals surface area contributed by atoms with E-state index < -0.39 is 0 Å². The molecule has 2 aromatic rings. The summed E-state index contributed by atoms with van der Waals surface area (Å²) >= 11 is 0. The summed E-state index contributed by atoms with van der Waals surface area (Å²) in [6.45, 7) is 8.24. The molecule has 7 heteroatoms. The highest BCUT2D eigenvalue weighted by atomic mass is 16.2. The van der Waals surface area contributed by atoms with Crippen LogP contribution in [-0.4, -0.2) is 89.0 Å². The van der Waals surface area contributed by atoms with E-state index in [0.29, 0.717) is 11.6 Å². The van der Waals surface area contributed by atoms with Gasteiger partial charge in [-0.15, -0.1) is 5.10 Å². The standard InChI is InChI=1S/C21H32N6O/c1-18(19-7-5-4-6-8-19)9-10-24(2)13-16-27-17-20(22-23-27)21(28)26-14-11-25(3)12-15-26/h4-8,17-18H,9-16H2,1-3H3. The van der Waals surface area contributed by atoms with Crippen molar-refractivity contribution in [2.75, 3.05) is 53.4 Å². The molecule has 1 aliphatic rings. The van der Waals surface area contributed by atoms with Crippen LogP contribution < -0.4 is 0 Å². The molecule has 1 saturated heterocycles. The number of nitrogens with zero attached hydrogens (tertiary/aromatic N) is 6. The second-order valence-electron chi connectivity index (χ2n) is 7.87. The van der Waals surface area contributed by atoms with Gasteiger partial charge < -0.3 is 14.7 Å². The minimum absolute atomic E-state index is 0.00982. The first kappa shape index (κ1) is 20.5. The molecule has 1 amide bonds. The van der Waals surface area contributed by atoms with Crippen LogP contribution in [0.5, 0.6) is 0 Å². The van der Waals surface area contributed by atoms with Crippen LogP contribution in [0.2, 0.25) is 0 Å². The smallest absolute Gasteiger partial charge is 0.276 e. The number of aromatic nitrogens is 3. The Morgan fingerprint density at radius 3 is 2.57 bits per heavy atom. The highest BCUT2D eigenvalue weighted by Crippen LogP contribution is 2.18. The summed E-state index contributed by atoms with van der Waals surface area (Å²) < 4.78 is 1.78. The van der Waals surface area contributed by atoms with Crippen molar-refractivity contribution in [1.29, 1.82) is 0 Å². The van der Waals surface area contributed by atoms with Gasteiger partial charge in [-0.25, -0.2) is 0 Å². The summed E-state index contributed by atoms with van der Waals surface area (Å²) in [6, 6.07) is 10.6. The number of benzene rings is 1. The lowest BCUT2D eigenvalue weighted by Crippen LogP contribution is -2.47. The predicted molar refractivity (Wildman–Crippen MR) is 110 cm³/mol. The number of amides is 1. The fraction of sp³-hybridized carbons (Fsp3) is 0.571. The van der Waals surface area contributed by atoms with Gasteiger partial charge >= 0.3 is 0 Å². The Morgan fingerprint density at radius 2 is 1.86 bits per heavy atom. The number of rotatable bonds is 8. The number of hydrogen-bond donors (Lipinski definition) is 0. The fourth-order valence-electron chi connectivity index (χ4n) is 3.42. The SMILES string of the molecule is CC(CCN(C)CCn1cc(C(=O)N2CCN(C)CC2)nn1)c1ccccc1. The van der Waals surface area contributed by atoms with E-state index in [-0.39, 0.29) is 5.91 Å². The number of hydrogen-bond acceptors (Lipinski definition) is 5. The lowest BCUT2D eigenvalue weighted by atomic mass is 9.98. The molecule has 0 radical (unpaired) electrons. The van der Waals surface area contributed by atoms with Gasteiger partial charge in [0.15, 0.2) is 5.69 Å². The molecule has 0 bridgehead atoms. The summed E-state index contributed by atoms with van der Waals surface area (Å²) in [6.07, 6.45) is 2.89. The monoisotopic (exact) mass is 384 g/mol. The van der Waals surface area contributed by atoms with E-state index >= 15 is 0 Å². The third-order valence-corrected chi connectivity index (χ3v) is 5.57. The molecule has 0 saturated carbocycles. The molecule has 1 aromatic heterocycles. The van der Waals surface area contributed by atoms with E-state index in [9.17, 15) is 4.79 Å². The van der Waals surface area contributed by atoms with E-state index in [1.54, 1.807) is 10.9 Å². The molecule has 1 aromatic carbocycles. The fourth-order valence-corrected chi connectivity index (χ4v) is 3.42. The van der Waals surface area contributed by atoms with E-state index in [1.807, 2.05) is 4.90 Å². The highest BCUT2D eigenvalue weighted by molar-refractivity contribution is 5.92. The van der Waals surface area contributed by atoms with Gasteiger partial charge in [-0.05, 0) is 38.5 Å². The van der Waals surface area contributed by atoms with E-state index in [2.05, 4.69) is 71.5 Å².